The third kappa shape index (κ3) is 5.87. The molecule has 2 heterocycles. The topological polar surface area (TPSA) is 53.8 Å². The molecule has 4 rings (SSSR count). The average Bonchev–Trinajstić information content (AvgIpc) is 3.20. The van der Waals surface area contributed by atoms with Gasteiger partial charge in [0.2, 0.25) is 5.91 Å². The van der Waals surface area contributed by atoms with Crippen molar-refractivity contribution in [3.05, 3.63) is 71.2 Å². The molecule has 1 aromatic heterocycles. The van der Waals surface area contributed by atoms with Crippen LogP contribution in [0.3, 0.4) is 0 Å². The highest BCUT2D eigenvalue weighted by molar-refractivity contribution is 5.79. The van der Waals surface area contributed by atoms with Gasteiger partial charge in [-0.05, 0) is 56.3 Å². The first kappa shape index (κ1) is 25.7. The van der Waals surface area contributed by atoms with Gasteiger partial charge in [0.25, 0.3) is 0 Å². The van der Waals surface area contributed by atoms with Crippen LogP contribution in [0, 0.1) is 12.7 Å². The summed E-state index contributed by atoms with van der Waals surface area (Å²) in [6, 6.07) is 14.2. The van der Waals surface area contributed by atoms with Gasteiger partial charge in [-0.1, -0.05) is 25.1 Å². The summed E-state index contributed by atoms with van der Waals surface area (Å²) in [5.41, 5.74) is 3.50. The van der Waals surface area contributed by atoms with Crippen LogP contribution < -0.4 is 9.64 Å². The molecular formula is C28H36FN5O2. The van der Waals surface area contributed by atoms with Gasteiger partial charge in [0.05, 0.1) is 31.5 Å². The van der Waals surface area contributed by atoms with Crippen LogP contribution >= 0.6 is 0 Å². The van der Waals surface area contributed by atoms with E-state index in [4.69, 9.17) is 9.84 Å². The molecule has 0 unspecified atom stereocenters. The molecule has 1 fully saturated rings. The first-order chi connectivity index (χ1) is 17.4. The number of amides is 1. The number of rotatable bonds is 9. The van der Waals surface area contributed by atoms with E-state index in [2.05, 4.69) is 23.8 Å². The van der Waals surface area contributed by atoms with Gasteiger partial charge in [0.15, 0.2) is 0 Å². The van der Waals surface area contributed by atoms with E-state index in [0.29, 0.717) is 25.2 Å². The summed E-state index contributed by atoms with van der Waals surface area (Å²) in [5.74, 6) is 1.50. The van der Waals surface area contributed by atoms with E-state index in [1.54, 1.807) is 13.2 Å². The highest BCUT2D eigenvalue weighted by Crippen LogP contribution is 2.30. The van der Waals surface area contributed by atoms with Gasteiger partial charge >= 0.3 is 0 Å². The van der Waals surface area contributed by atoms with E-state index < -0.39 is 0 Å². The van der Waals surface area contributed by atoms with Crippen LogP contribution in [0.25, 0.3) is 5.69 Å². The van der Waals surface area contributed by atoms with Gasteiger partial charge in [0.1, 0.15) is 17.4 Å². The molecule has 0 spiro atoms. The van der Waals surface area contributed by atoms with Crippen LogP contribution in [0.5, 0.6) is 5.75 Å². The number of halogens is 1. The second-order valence-electron chi connectivity index (χ2n) is 9.41. The summed E-state index contributed by atoms with van der Waals surface area (Å²) in [5, 5.41) is 4.83. The van der Waals surface area contributed by atoms with Crippen molar-refractivity contribution in [2.24, 2.45) is 0 Å². The first-order valence-corrected chi connectivity index (χ1v) is 12.6. The Balaban J connectivity index is 1.66. The maximum atomic E-state index is 14.1. The number of piperazine rings is 1. The maximum absolute atomic E-state index is 14.1. The van der Waals surface area contributed by atoms with E-state index in [9.17, 15) is 9.18 Å². The lowest BCUT2D eigenvalue weighted by Crippen LogP contribution is -2.45. The number of nitrogens with zero attached hydrogens (tertiary/aromatic N) is 5. The number of anilines is 1. The first-order valence-electron chi connectivity index (χ1n) is 12.6. The Morgan fingerprint density at radius 2 is 1.83 bits per heavy atom. The summed E-state index contributed by atoms with van der Waals surface area (Å²) in [6.07, 6.45) is 1.18. The van der Waals surface area contributed by atoms with Crippen molar-refractivity contribution in [1.82, 2.24) is 19.6 Å². The van der Waals surface area contributed by atoms with E-state index >= 15 is 0 Å². The van der Waals surface area contributed by atoms with Gasteiger partial charge in [-0.25, -0.2) is 9.07 Å². The Bertz CT molecular complexity index is 1170. The number of ether oxygens (including phenoxy) is 1. The van der Waals surface area contributed by atoms with E-state index in [0.717, 1.165) is 61.0 Å². The van der Waals surface area contributed by atoms with Gasteiger partial charge in [-0.2, -0.15) is 5.10 Å². The number of aromatic nitrogens is 2. The third-order valence-electron chi connectivity index (χ3n) is 6.72. The fourth-order valence-corrected chi connectivity index (χ4v) is 4.65. The fraction of sp³-hybridized carbons (Fsp3) is 0.429. The molecule has 0 bridgehead atoms. The molecule has 36 heavy (non-hydrogen) atoms. The second-order valence-corrected chi connectivity index (χ2v) is 9.41. The van der Waals surface area contributed by atoms with Crippen molar-refractivity contribution in [1.29, 1.82) is 0 Å². The van der Waals surface area contributed by atoms with E-state index in [1.165, 1.54) is 12.1 Å². The van der Waals surface area contributed by atoms with Crippen LogP contribution in [0.4, 0.5) is 10.2 Å². The van der Waals surface area contributed by atoms with Crippen LogP contribution in [0.15, 0.2) is 48.5 Å². The second kappa shape index (κ2) is 11.6. The van der Waals surface area contributed by atoms with E-state index in [1.807, 2.05) is 46.8 Å². The van der Waals surface area contributed by atoms with Gasteiger partial charge < -0.3 is 19.4 Å². The molecule has 2 aromatic carbocycles. The minimum atomic E-state index is -0.297. The van der Waals surface area contributed by atoms with Crippen LogP contribution in [0.1, 0.15) is 30.2 Å². The van der Waals surface area contributed by atoms with Crippen LogP contribution in [0.2, 0.25) is 0 Å². The van der Waals surface area contributed by atoms with Crippen molar-refractivity contribution < 1.29 is 13.9 Å². The monoisotopic (exact) mass is 493 g/mol. The van der Waals surface area contributed by atoms with Crippen molar-refractivity contribution in [2.75, 3.05) is 51.8 Å². The van der Waals surface area contributed by atoms with E-state index in [-0.39, 0.29) is 11.7 Å². The molecule has 1 saturated heterocycles. The minimum absolute atomic E-state index is 0.0734. The Morgan fingerprint density at radius 3 is 2.47 bits per heavy atom. The lowest BCUT2D eigenvalue weighted by atomic mass is 10.1. The van der Waals surface area contributed by atoms with Crippen molar-refractivity contribution in [3.63, 3.8) is 0 Å². The predicted octanol–water partition coefficient (Wildman–Crippen LogP) is 4.06. The van der Waals surface area contributed by atoms with Crippen molar-refractivity contribution in [3.8, 4) is 11.4 Å². The fourth-order valence-electron chi connectivity index (χ4n) is 4.65. The number of likely N-dealkylation sites (N-methyl/N-ethyl adjacent to an activating group) is 1. The molecule has 8 heteroatoms. The zero-order chi connectivity index (χ0) is 25.7. The number of benzene rings is 2. The maximum Gasteiger partial charge on any atom is 0.227 e. The summed E-state index contributed by atoms with van der Waals surface area (Å²) in [7, 11) is 3.75. The summed E-state index contributed by atoms with van der Waals surface area (Å²) >= 11 is 0. The smallest absolute Gasteiger partial charge is 0.227 e. The van der Waals surface area contributed by atoms with Crippen LogP contribution in [-0.4, -0.2) is 72.4 Å². The number of hydrogen-bond donors (Lipinski definition) is 0. The Morgan fingerprint density at radius 1 is 1.11 bits per heavy atom. The summed E-state index contributed by atoms with van der Waals surface area (Å²) in [4.78, 5) is 20.0. The lowest BCUT2D eigenvalue weighted by molar-refractivity contribution is -0.131. The Hall–Kier alpha value is -3.39. The summed E-state index contributed by atoms with van der Waals surface area (Å²) < 4.78 is 21.2. The number of carbonyl (C=O) groups excluding carboxylic acids is 1. The molecule has 1 amide bonds. The quantitative estimate of drug-likeness (QED) is 0.450. The van der Waals surface area contributed by atoms with Crippen LogP contribution in [-0.2, 0) is 17.8 Å². The Kier molecular flexibility index (Phi) is 8.25. The minimum Gasteiger partial charge on any atom is -0.497 e. The van der Waals surface area contributed by atoms with Gasteiger partial charge in [-0.15, -0.1) is 0 Å². The summed E-state index contributed by atoms with van der Waals surface area (Å²) in [6.45, 7) is 8.73. The highest BCUT2D eigenvalue weighted by Gasteiger charge is 2.27. The number of aryl methyl sites for hydroxylation is 1. The predicted molar refractivity (Wildman–Crippen MR) is 140 cm³/mol. The normalized spacial score (nSPS) is 14.2. The lowest BCUT2D eigenvalue weighted by Gasteiger charge is -2.35. The number of methoxy groups -OCH3 is 1. The zero-order valence-corrected chi connectivity index (χ0v) is 21.7. The van der Waals surface area contributed by atoms with Gasteiger partial charge in [-0.3, -0.25) is 4.79 Å². The largest absolute Gasteiger partial charge is 0.497 e. The number of hydrogen-bond acceptors (Lipinski definition) is 5. The highest BCUT2D eigenvalue weighted by atomic mass is 19.1. The molecule has 7 nitrogen and oxygen atoms in total. The molecule has 192 valence electrons. The molecule has 0 atom stereocenters. The van der Waals surface area contributed by atoms with Crippen molar-refractivity contribution >= 4 is 11.7 Å². The molecule has 0 aliphatic carbocycles. The molecule has 0 saturated carbocycles. The van der Waals surface area contributed by atoms with Crippen molar-refractivity contribution in [2.45, 2.75) is 33.2 Å². The zero-order valence-electron chi connectivity index (χ0n) is 21.7. The van der Waals surface area contributed by atoms with Gasteiger partial charge in [0, 0.05) is 38.3 Å². The third-order valence-corrected chi connectivity index (χ3v) is 6.72. The Labute approximate surface area is 213 Å². The average molecular weight is 494 g/mol. The molecule has 0 radical (unpaired) electrons. The molecular weight excluding hydrogens is 457 g/mol. The molecule has 1 aliphatic rings. The molecule has 1 aliphatic heterocycles. The number of carbonyl (C=O) groups is 1. The SMILES string of the molecule is CCCN(Cc1c(C)nn(-c2cccc(F)c2)c1N1CCN(C)CC1)C(=O)Cc1ccc(OC)cc1. The molecule has 3 aromatic rings. The molecule has 0 N–H and O–H groups in total. The standard InChI is InChI=1S/C28H36FN5O2/c1-5-13-33(27(35)18-22-9-11-25(36-4)12-10-22)20-26-21(2)30-34(24-8-6-7-23(29)19-24)28(26)32-16-14-31(3)15-17-32/h6-12,19H,5,13-18,20H2,1-4H3.